The number of nitrogens with zero attached hydrogens (tertiary/aromatic N) is 1. The summed E-state index contributed by atoms with van der Waals surface area (Å²) in [5, 5.41) is 13.6. The first kappa shape index (κ1) is 18.7. The van der Waals surface area contributed by atoms with Gasteiger partial charge in [0.1, 0.15) is 18.2 Å². The summed E-state index contributed by atoms with van der Waals surface area (Å²) in [7, 11) is 0. The molecule has 1 aromatic heterocycles. The highest BCUT2D eigenvalue weighted by Crippen LogP contribution is 2.28. The van der Waals surface area contributed by atoms with Crippen LogP contribution in [-0.2, 0) is 9.59 Å². The molecule has 1 amide bonds. The average molecular weight is 391 g/mol. The number of aromatic nitrogens is 1. The molecular weight excluding hydrogens is 370 g/mol. The van der Waals surface area contributed by atoms with Crippen LogP contribution in [-0.4, -0.2) is 34.6 Å². The van der Waals surface area contributed by atoms with Crippen LogP contribution in [0.3, 0.4) is 0 Å². The number of fused-ring (bicyclic) bond motifs is 1. The van der Waals surface area contributed by atoms with Crippen LogP contribution >= 0.6 is 0 Å². The molecule has 7 nitrogen and oxygen atoms in total. The van der Waals surface area contributed by atoms with Crippen LogP contribution in [0, 0.1) is 5.92 Å². The second-order valence-electron chi connectivity index (χ2n) is 7.20. The summed E-state index contributed by atoms with van der Waals surface area (Å²) in [6.07, 6.45) is 2.02. The minimum atomic E-state index is -0.963. The van der Waals surface area contributed by atoms with E-state index in [2.05, 4.69) is 16.4 Å². The number of rotatable bonds is 6. The van der Waals surface area contributed by atoms with Gasteiger partial charge in [-0.3, -0.25) is 9.59 Å². The van der Waals surface area contributed by atoms with Crippen LogP contribution in [0.5, 0.6) is 5.75 Å². The fraction of sp³-hybridized carbons (Fsp3) is 0.227. The van der Waals surface area contributed by atoms with E-state index < -0.39 is 11.9 Å². The quantitative estimate of drug-likeness (QED) is 0.595. The molecule has 4 N–H and O–H groups in total. The zero-order valence-corrected chi connectivity index (χ0v) is 15.7. The first-order valence-corrected chi connectivity index (χ1v) is 9.39. The summed E-state index contributed by atoms with van der Waals surface area (Å²) in [6.45, 7) is 0.309. The predicted octanol–water partition coefficient (Wildman–Crippen LogP) is 2.84. The minimum absolute atomic E-state index is 0.148. The Kier molecular flexibility index (Phi) is 5.03. The maximum atomic E-state index is 11.8. The van der Waals surface area contributed by atoms with Crippen molar-refractivity contribution in [1.29, 1.82) is 0 Å². The van der Waals surface area contributed by atoms with Crippen molar-refractivity contribution in [2.24, 2.45) is 5.92 Å². The number of pyridine rings is 1. The Bertz CT molecular complexity index is 1070. The van der Waals surface area contributed by atoms with Gasteiger partial charge in [-0.2, -0.15) is 0 Å². The first-order valence-electron chi connectivity index (χ1n) is 9.39. The van der Waals surface area contributed by atoms with E-state index in [0.29, 0.717) is 24.6 Å². The molecule has 2 atom stereocenters. The normalized spacial score (nSPS) is 18.6. The highest BCUT2D eigenvalue weighted by molar-refractivity contribution is 5.93. The highest BCUT2D eigenvalue weighted by atomic mass is 16.5. The van der Waals surface area contributed by atoms with Gasteiger partial charge in [-0.05, 0) is 47.2 Å². The highest BCUT2D eigenvalue weighted by Gasteiger charge is 2.33. The summed E-state index contributed by atoms with van der Waals surface area (Å²) >= 11 is 0. The van der Waals surface area contributed by atoms with Gasteiger partial charge >= 0.3 is 5.97 Å². The second kappa shape index (κ2) is 7.79. The van der Waals surface area contributed by atoms with E-state index in [1.807, 2.05) is 42.5 Å². The lowest BCUT2D eigenvalue weighted by Gasteiger charge is -2.12. The van der Waals surface area contributed by atoms with Crippen molar-refractivity contribution in [2.45, 2.75) is 18.9 Å². The smallest absolute Gasteiger partial charge is 0.304 e. The van der Waals surface area contributed by atoms with Crippen molar-refractivity contribution < 1.29 is 19.4 Å². The molecular formula is C22H21N3O4. The largest absolute Gasteiger partial charge is 0.491 e. The Balaban J connectivity index is 1.40. The van der Waals surface area contributed by atoms with Crippen LogP contribution in [0.2, 0.25) is 0 Å². The summed E-state index contributed by atoms with van der Waals surface area (Å²) in [4.78, 5) is 26.7. The lowest BCUT2D eigenvalue weighted by molar-refractivity contribution is -0.140. The fourth-order valence-corrected chi connectivity index (χ4v) is 3.65. The van der Waals surface area contributed by atoms with E-state index in [1.165, 1.54) is 0 Å². The number of carbonyl (C=O) groups excluding carboxylic acids is 1. The fourth-order valence-electron chi connectivity index (χ4n) is 3.65. The van der Waals surface area contributed by atoms with Gasteiger partial charge < -0.3 is 20.9 Å². The van der Waals surface area contributed by atoms with Crippen LogP contribution in [0.15, 0.2) is 54.7 Å². The van der Waals surface area contributed by atoms with Crippen molar-refractivity contribution in [3.63, 3.8) is 0 Å². The average Bonchev–Trinajstić information content (AvgIpc) is 3.05. The van der Waals surface area contributed by atoms with Crippen LogP contribution < -0.4 is 15.8 Å². The summed E-state index contributed by atoms with van der Waals surface area (Å²) < 4.78 is 5.78. The first-order chi connectivity index (χ1) is 14.0. The van der Waals surface area contributed by atoms with Gasteiger partial charge in [-0.15, -0.1) is 0 Å². The molecule has 3 aromatic rings. The van der Waals surface area contributed by atoms with Crippen molar-refractivity contribution in [1.82, 2.24) is 10.3 Å². The number of aliphatic carboxylic acids is 1. The van der Waals surface area contributed by atoms with Crippen molar-refractivity contribution >= 4 is 28.5 Å². The summed E-state index contributed by atoms with van der Waals surface area (Å²) in [5.74, 6) is -0.458. The van der Waals surface area contributed by atoms with Crippen molar-refractivity contribution in [3.05, 3.63) is 54.7 Å². The number of carbonyl (C=O) groups is 2. The van der Waals surface area contributed by atoms with E-state index in [-0.39, 0.29) is 18.4 Å². The van der Waals surface area contributed by atoms with E-state index >= 15 is 0 Å². The van der Waals surface area contributed by atoms with E-state index in [1.54, 1.807) is 6.20 Å². The zero-order chi connectivity index (χ0) is 20.4. The Morgan fingerprint density at radius 1 is 1.17 bits per heavy atom. The van der Waals surface area contributed by atoms with Crippen molar-refractivity contribution in [2.75, 3.05) is 12.3 Å². The third-order valence-corrected chi connectivity index (χ3v) is 5.14. The Morgan fingerprint density at radius 3 is 2.69 bits per heavy atom. The predicted molar refractivity (Wildman–Crippen MR) is 109 cm³/mol. The van der Waals surface area contributed by atoms with Gasteiger partial charge in [0.25, 0.3) is 0 Å². The molecule has 0 saturated carbocycles. The van der Waals surface area contributed by atoms with Crippen LogP contribution in [0.1, 0.15) is 12.8 Å². The Labute approximate surface area is 167 Å². The van der Waals surface area contributed by atoms with Crippen molar-refractivity contribution in [3.8, 4) is 16.9 Å². The Hall–Kier alpha value is -3.61. The molecule has 1 saturated heterocycles. The number of carboxylic acids is 1. The van der Waals surface area contributed by atoms with E-state index in [0.717, 1.165) is 21.9 Å². The molecule has 7 heteroatoms. The number of nitrogens with one attached hydrogen (secondary N) is 1. The molecule has 0 radical (unpaired) electrons. The molecule has 2 aromatic carbocycles. The van der Waals surface area contributed by atoms with Gasteiger partial charge in [0.05, 0.1) is 18.4 Å². The molecule has 0 spiro atoms. The Morgan fingerprint density at radius 2 is 1.93 bits per heavy atom. The minimum Gasteiger partial charge on any atom is -0.491 e. The topological polar surface area (TPSA) is 115 Å². The molecule has 0 bridgehead atoms. The number of benzene rings is 2. The molecule has 2 heterocycles. The lowest BCUT2D eigenvalue weighted by atomic mass is 10.0. The standard InChI is InChI=1S/C22H21N3O4/c23-21-19-6-3-14(9-15(19)7-8-24-21)13-1-4-18(5-2-13)29-12-17-10-16(11-20(26)27)22(28)25-17/h1-9,16-17H,10-12H2,(H2,23,24)(H,25,28)(H,26,27)/t16-,17-/m0/s1. The molecule has 148 valence electrons. The number of hydrogen-bond donors (Lipinski definition) is 3. The van der Waals surface area contributed by atoms with Gasteiger partial charge in [-0.1, -0.05) is 24.3 Å². The van der Waals surface area contributed by atoms with Crippen LogP contribution in [0.4, 0.5) is 5.82 Å². The lowest BCUT2D eigenvalue weighted by Crippen LogP contribution is -2.31. The summed E-state index contributed by atoms with van der Waals surface area (Å²) in [5.41, 5.74) is 8.02. The number of ether oxygens (including phenoxy) is 1. The molecule has 1 aliphatic rings. The number of hydrogen-bond acceptors (Lipinski definition) is 5. The third-order valence-electron chi connectivity index (χ3n) is 5.14. The molecule has 0 unspecified atom stereocenters. The number of nitrogen functional groups attached to an aromatic ring is 1. The number of carboxylic acid groups (broad SMARTS) is 1. The van der Waals surface area contributed by atoms with Crippen LogP contribution in [0.25, 0.3) is 21.9 Å². The van der Waals surface area contributed by atoms with Gasteiger partial charge in [0, 0.05) is 11.6 Å². The molecule has 1 fully saturated rings. The monoisotopic (exact) mass is 391 g/mol. The molecule has 29 heavy (non-hydrogen) atoms. The molecule has 1 aliphatic heterocycles. The maximum absolute atomic E-state index is 11.8. The van der Waals surface area contributed by atoms with Gasteiger partial charge in [0.2, 0.25) is 5.91 Å². The molecule has 0 aliphatic carbocycles. The number of amides is 1. The SMILES string of the molecule is Nc1nccc2cc(-c3ccc(OC[C@@H]4C[C@@H](CC(=O)O)C(=O)N4)cc3)ccc12. The zero-order valence-electron chi connectivity index (χ0n) is 15.7. The summed E-state index contributed by atoms with van der Waals surface area (Å²) in [6, 6.07) is 15.5. The second-order valence-corrected chi connectivity index (χ2v) is 7.20. The van der Waals surface area contributed by atoms with E-state index in [9.17, 15) is 9.59 Å². The van der Waals surface area contributed by atoms with Gasteiger partial charge in [0.15, 0.2) is 0 Å². The third kappa shape index (κ3) is 4.13. The van der Waals surface area contributed by atoms with Gasteiger partial charge in [-0.25, -0.2) is 4.98 Å². The number of nitrogens with two attached hydrogens (primary N) is 1. The maximum Gasteiger partial charge on any atom is 0.304 e. The molecule has 4 rings (SSSR count). The van der Waals surface area contributed by atoms with E-state index in [4.69, 9.17) is 15.6 Å². The number of anilines is 1.